The number of alkyl halides is 6. The Morgan fingerprint density at radius 1 is 0.602 bits per heavy atom. The second-order valence-corrected chi connectivity index (χ2v) is 37.4. The number of fused-ring (bicyclic) bond motifs is 8. The maximum Gasteiger partial charge on any atom is 0.329 e. The number of morpholine rings is 2. The lowest BCUT2D eigenvalue weighted by molar-refractivity contribution is -0.181. The Morgan fingerprint density at radius 3 is 1.77 bits per heavy atom. The number of hydrogen-bond donors (Lipinski definition) is 4. The molecule has 4 N–H and O–H groups in total. The molecule has 12 aliphatic rings. The minimum Gasteiger partial charge on any atom is -0.488 e. The number of para-hydroxylation sites is 2. The van der Waals surface area contributed by atoms with Gasteiger partial charge in [-0.05, 0) is 138 Å². The van der Waals surface area contributed by atoms with Gasteiger partial charge in [-0.1, -0.05) is 12.1 Å². The summed E-state index contributed by atoms with van der Waals surface area (Å²) in [6.07, 6.45) is 10.4. The van der Waals surface area contributed by atoms with Crippen LogP contribution in [0.25, 0.3) is 33.4 Å². The van der Waals surface area contributed by atoms with Gasteiger partial charge in [-0.25, -0.2) is 54.9 Å². The number of nitrogens with zero attached hydrogens (tertiary/aromatic N) is 20. The smallest absolute Gasteiger partial charge is 0.329 e. The lowest BCUT2D eigenvalue weighted by atomic mass is 9.68. The van der Waals surface area contributed by atoms with Gasteiger partial charge in [-0.15, -0.1) is 0 Å². The third-order valence-corrected chi connectivity index (χ3v) is 30.1. The maximum atomic E-state index is 16.6. The highest BCUT2D eigenvalue weighted by atomic mass is 19.3. The molecule has 9 aliphatic heterocycles. The van der Waals surface area contributed by atoms with Crippen LogP contribution in [-0.2, 0) is 42.7 Å². The monoisotopic (exact) mass is 1770 g/mol. The van der Waals surface area contributed by atoms with Crippen molar-refractivity contribution in [3.8, 4) is 5.75 Å². The average Bonchev–Trinajstić information content (AvgIpc) is 1.42. The van der Waals surface area contributed by atoms with Crippen molar-refractivity contribution in [3.63, 3.8) is 0 Å². The molecule has 10 atom stereocenters. The first-order valence-electron chi connectivity index (χ1n) is 44.7. The first kappa shape index (κ1) is 82.1. The number of amides is 6. The predicted molar refractivity (Wildman–Crippen MR) is 450 cm³/mol. The number of aromatic nitrogens is 14. The summed E-state index contributed by atoms with van der Waals surface area (Å²) in [6, 6.07) is 12.1. The van der Waals surface area contributed by atoms with Crippen molar-refractivity contribution in [2.45, 2.75) is 188 Å². The third-order valence-electron chi connectivity index (χ3n) is 30.1. The zero-order valence-electron chi connectivity index (χ0n) is 70.5. The molecule has 3 aliphatic carbocycles. The molecule has 0 radical (unpaired) electrons. The van der Waals surface area contributed by atoms with Gasteiger partial charge in [0.25, 0.3) is 30.6 Å². The van der Waals surface area contributed by atoms with Gasteiger partial charge in [0, 0.05) is 136 Å². The molecule has 9 saturated heterocycles. The van der Waals surface area contributed by atoms with Gasteiger partial charge in [0.15, 0.2) is 22.7 Å². The van der Waals surface area contributed by atoms with E-state index >= 15 is 26.3 Å². The number of hydrogen-bond acceptors (Lipinski definition) is 23. The zero-order valence-corrected chi connectivity index (χ0v) is 70.5. The summed E-state index contributed by atoms with van der Waals surface area (Å²) in [5, 5.41) is 27.9. The van der Waals surface area contributed by atoms with Gasteiger partial charge in [-0.3, -0.25) is 76.8 Å². The molecule has 2 aromatic carbocycles. The molecule has 3 saturated carbocycles. The molecule has 10 aromatic rings. The fourth-order valence-corrected chi connectivity index (χ4v) is 23.3. The number of rotatable bonds is 21. The van der Waals surface area contributed by atoms with Crippen molar-refractivity contribution in [2.24, 2.45) is 37.3 Å². The molecule has 35 nitrogen and oxygen atoms in total. The Kier molecular flexibility index (Phi) is 20.3. The first-order valence-corrected chi connectivity index (χ1v) is 44.7. The molecule has 22 rings (SSSR count). The normalized spacial score (nSPS) is 28.5. The number of piperidine rings is 3. The second kappa shape index (κ2) is 31.7. The van der Waals surface area contributed by atoms with Crippen LogP contribution in [0.1, 0.15) is 172 Å². The van der Waals surface area contributed by atoms with E-state index in [1.54, 1.807) is 55.4 Å². The SMILES string of the molecule is Cn1c(=O)n(C2CCC(=O)NC2=O)c2cccc(OC3CC(N4CCN(C[C@@H]5CC[C@@H](n6cc(NC(=O)c7cnn8ccc(N9C[C@H]%10C[C@@H]9CO%10)nc78)c(C(F)F)n6)CC5C5O[C@@H]6C[C@H]5N(c5ccn7ncc(C(=O)Nc8cn(C9CCC(CN%10CCC%11(CN(c%12cccc%13c%12n(C)c(=O)n%13C%12CCC(=O)NC%12=O)C%11)C(F)(F)C%10)CC9)nc8C(F)F)c7n5)C6)CC4)C3)c21. The highest BCUT2D eigenvalue weighted by Crippen LogP contribution is 2.54. The fourth-order valence-electron chi connectivity index (χ4n) is 23.3. The molecule has 1 spiro atoms. The molecule has 674 valence electrons. The van der Waals surface area contributed by atoms with Crippen molar-refractivity contribution in [2.75, 3.05) is 110 Å². The standard InChI is InChI=1S/C87H98F6N24O11/c1-104-73-60(5-3-6-61(73)116(84(104)124)63-15-17-69(118)100-82(63)122)109-43-86(44-109)21-24-107(45-87(86,92)93)36-46-9-12-48(13-10-46)114-40-58(71(102-114)76(88)89)96-81(121)57-35-95-113-23-20-68(99-79(57)113)111-39-54-33-65(111)75(128-54)55-32-49(115-41-59(72(103-115)77(90)91)97-80(120)56-34-94-112-22-19-67(98-78(56)112)110-38-53-31-51(110)42-126-53)14-11-47(55)37-106-25-27-108(28-26-106)50-29-52(30-50)127-66-8-4-7-62-74(66)105(2)85(125)117(62)64-16-18-70(119)101-83(64)123/h3-8,19-20,22-23,34-35,40-41,46-55,63-65,75-77H,9-18,21,24-33,36-39,42-45H2,1-2H3,(H,96,121)(H,97,120)(H,100,118,122)(H,101,119,123)/t46?,47-,48?,49+,50?,51+,52?,53+,54+,55?,63?,64?,65+,75?/m0/s1. The van der Waals surface area contributed by atoms with Gasteiger partial charge >= 0.3 is 11.4 Å². The third kappa shape index (κ3) is 14.2. The number of aryl methyl sites for hydroxylation is 2. The van der Waals surface area contributed by atoms with E-state index in [0.29, 0.717) is 129 Å². The van der Waals surface area contributed by atoms with Gasteiger partial charge < -0.3 is 44.4 Å². The Labute approximate surface area is 726 Å². The number of anilines is 5. The highest BCUT2D eigenvalue weighted by Gasteiger charge is 2.63. The van der Waals surface area contributed by atoms with Crippen molar-refractivity contribution < 1.29 is 69.3 Å². The summed E-state index contributed by atoms with van der Waals surface area (Å²) < 4.78 is 126. The van der Waals surface area contributed by atoms with Crippen LogP contribution >= 0.6 is 0 Å². The molecule has 6 amide bonds. The van der Waals surface area contributed by atoms with Crippen LogP contribution in [0.2, 0.25) is 0 Å². The first-order chi connectivity index (χ1) is 61.8. The summed E-state index contributed by atoms with van der Waals surface area (Å²) in [4.78, 5) is 129. The molecular formula is C87H98F6N24O11. The topological polar surface area (TPSA) is 348 Å². The number of carbonyl (C=O) groups excluding carboxylic acids is 6. The molecule has 128 heavy (non-hydrogen) atoms. The van der Waals surface area contributed by atoms with E-state index in [0.717, 1.165) is 52.0 Å². The quantitative estimate of drug-likeness (QED) is 0.0397. The maximum absolute atomic E-state index is 16.6. The number of benzene rings is 2. The fraction of sp³-hybridized carbons (Fsp3) is 0.563. The number of halogens is 6. The summed E-state index contributed by atoms with van der Waals surface area (Å²) in [6.45, 7) is 6.22. The second-order valence-electron chi connectivity index (χ2n) is 37.4. The minimum absolute atomic E-state index is 0.0258. The lowest BCUT2D eigenvalue weighted by Gasteiger charge is -2.58. The van der Waals surface area contributed by atoms with E-state index < -0.39 is 89.4 Å². The summed E-state index contributed by atoms with van der Waals surface area (Å²) >= 11 is 0. The van der Waals surface area contributed by atoms with E-state index in [2.05, 4.69) is 61.3 Å². The summed E-state index contributed by atoms with van der Waals surface area (Å²) in [5.74, 6) is -4.56. The Hall–Kier alpha value is -11.6. The van der Waals surface area contributed by atoms with Gasteiger partial charge in [0.1, 0.15) is 52.2 Å². The van der Waals surface area contributed by atoms with Crippen LogP contribution < -0.4 is 52.1 Å². The Balaban J connectivity index is 0.463. The predicted octanol–water partition coefficient (Wildman–Crippen LogP) is 7.59. The molecule has 4 bridgehead atoms. The molecule has 17 heterocycles. The van der Waals surface area contributed by atoms with Crippen molar-refractivity contribution >= 4 is 97.5 Å². The molecule has 12 fully saturated rings. The van der Waals surface area contributed by atoms with Crippen LogP contribution in [0.4, 0.5) is 55.0 Å². The van der Waals surface area contributed by atoms with Crippen molar-refractivity contribution in [1.82, 2.24) is 92.4 Å². The van der Waals surface area contributed by atoms with Crippen molar-refractivity contribution in [1.29, 1.82) is 0 Å². The van der Waals surface area contributed by atoms with Crippen LogP contribution in [0.15, 0.2) is 95.3 Å². The van der Waals surface area contributed by atoms with Gasteiger partial charge in [-0.2, -0.15) is 20.4 Å². The number of ether oxygens (including phenoxy) is 3. The van der Waals surface area contributed by atoms with E-state index in [1.165, 1.54) is 56.8 Å². The minimum atomic E-state index is -3.06. The highest BCUT2D eigenvalue weighted by molar-refractivity contribution is 6.09. The van der Waals surface area contributed by atoms with Crippen molar-refractivity contribution in [3.05, 3.63) is 129 Å². The molecule has 8 aromatic heterocycles. The van der Waals surface area contributed by atoms with Gasteiger partial charge in [0.2, 0.25) is 23.6 Å². The Bertz CT molecular complexity index is 6240. The number of imide groups is 2. The van der Waals surface area contributed by atoms with E-state index in [-0.39, 0.29) is 163 Å². The summed E-state index contributed by atoms with van der Waals surface area (Å²) in [5.41, 5.74) is -0.252. The lowest BCUT2D eigenvalue weighted by Crippen LogP contribution is -2.70. The summed E-state index contributed by atoms with van der Waals surface area (Å²) in [7, 11) is 3.25. The zero-order chi connectivity index (χ0) is 87.8. The number of nitrogens with one attached hydrogen (secondary N) is 4. The van der Waals surface area contributed by atoms with E-state index in [1.807, 2.05) is 34.1 Å². The molecule has 4 unspecified atom stereocenters. The molecule has 41 heteroatoms. The van der Waals surface area contributed by atoms with Gasteiger partial charge in [0.05, 0.1) is 107 Å². The number of imidazole rings is 2. The molecular weight excluding hydrogens is 1670 g/mol. The average molecular weight is 1770 g/mol. The van der Waals surface area contributed by atoms with E-state index in [9.17, 15) is 38.4 Å². The number of likely N-dealkylation sites (tertiary alicyclic amines) is 1. The van der Waals surface area contributed by atoms with Crippen LogP contribution in [0.5, 0.6) is 5.75 Å². The van der Waals surface area contributed by atoms with Crippen LogP contribution in [-0.4, -0.2) is 251 Å². The van der Waals surface area contributed by atoms with E-state index in [4.69, 9.17) is 24.2 Å². The number of piperazine rings is 1. The number of carbonyl (C=O) groups is 6. The largest absolute Gasteiger partial charge is 0.488 e. The van der Waals surface area contributed by atoms with Crippen LogP contribution in [0.3, 0.4) is 0 Å². The Morgan fingerprint density at radius 2 is 1.19 bits per heavy atom. The van der Waals surface area contributed by atoms with Crippen LogP contribution in [0, 0.1) is 23.2 Å².